The van der Waals surface area contributed by atoms with E-state index in [2.05, 4.69) is 4.74 Å². The zero-order valence-electron chi connectivity index (χ0n) is 10.1. The Hall–Kier alpha value is -1.84. The predicted molar refractivity (Wildman–Crippen MR) is 60.8 cm³/mol. The first kappa shape index (κ1) is 11.6. The molecule has 0 bridgehead atoms. The van der Waals surface area contributed by atoms with Crippen LogP contribution in [0.4, 0.5) is 0 Å². The zero-order chi connectivity index (χ0) is 12.6. The predicted octanol–water partition coefficient (Wildman–Crippen LogP) is 1.56. The Morgan fingerprint density at radius 3 is 2.65 bits per heavy atom. The molecular formula is C13H14O4. The molecule has 1 aliphatic heterocycles. The van der Waals surface area contributed by atoms with Crippen LogP contribution < -0.4 is 0 Å². The maximum atomic E-state index is 11.9. The van der Waals surface area contributed by atoms with Crippen molar-refractivity contribution >= 4 is 11.9 Å². The fourth-order valence-electron chi connectivity index (χ4n) is 2.09. The number of hydrogen-bond acceptors (Lipinski definition) is 4. The Morgan fingerprint density at radius 1 is 1.35 bits per heavy atom. The third-order valence-electron chi connectivity index (χ3n) is 3.06. The molecule has 0 aromatic heterocycles. The molecule has 0 amide bonds. The van der Waals surface area contributed by atoms with E-state index >= 15 is 0 Å². The van der Waals surface area contributed by atoms with Gasteiger partial charge in [0.25, 0.3) is 0 Å². The van der Waals surface area contributed by atoms with Gasteiger partial charge in [-0.25, -0.2) is 9.59 Å². The van der Waals surface area contributed by atoms with Crippen molar-refractivity contribution in [3.05, 3.63) is 34.4 Å². The Balaban J connectivity index is 2.46. The highest BCUT2D eigenvalue weighted by atomic mass is 16.6. The summed E-state index contributed by atoms with van der Waals surface area (Å²) in [5.41, 5.74) is 3.34. The number of ether oxygens (including phenoxy) is 2. The van der Waals surface area contributed by atoms with E-state index in [1.807, 2.05) is 26.0 Å². The second kappa shape index (κ2) is 4.20. The van der Waals surface area contributed by atoms with Gasteiger partial charge in [0.15, 0.2) is 0 Å². The van der Waals surface area contributed by atoms with E-state index < -0.39 is 18.0 Å². The van der Waals surface area contributed by atoms with Crippen LogP contribution in [-0.2, 0) is 20.7 Å². The van der Waals surface area contributed by atoms with Gasteiger partial charge >= 0.3 is 11.9 Å². The van der Waals surface area contributed by atoms with Crippen LogP contribution >= 0.6 is 0 Å². The molecule has 90 valence electrons. The average Bonchev–Trinajstić information content (AvgIpc) is 2.32. The summed E-state index contributed by atoms with van der Waals surface area (Å²) in [6.07, 6.45) is -0.429. The molecule has 0 radical (unpaired) electrons. The quantitative estimate of drug-likeness (QED) is 0.692. The van der Waals surface area contributed by atoms with Crippen molar-refractivity contribution in [3.8, 4) is 0 Å². The standard InChI is InChI=1S/C13H14O4/c1-7-4-5-8(2)11-9(7)6-10(12(14)16-3)17-13(11)15/h4-5,10H,6H2,1-3H3. The summed E-state index contributed by atoms with van der Waals surface area (Å²) in [4.78, 5) is 23.3. The number of cyclic esters (lactones) is 1. The monoisotopic (exact) mass is 234 g/mol. The highest BCUT2D eigenvalue weighted by molar-refractivity contribution is 5.96. The number of carbonyl (C=O) groups is 2. The number of aryl methyl sites for hydroxylation is 2. The second-order valence-corrected chi connectivity index (χ2v) is 4.17. The first-order valence-corrected chi connectivity index (χ1v) is 5.42. The molecule has 0 N–H and O–H groups in total. The first-order chi connectivity index (χ1) is 8.04. The summed E-state index contributed by atoms with van der Waals surface area (Å²) >= 11 is 0. The molecule has 1 aliphatic rings. The molecule has 4 nitrogen and oxygen atoms in total. The van der Waals surface area contributed by atoms with Gasteiger partial charge < -0.3 is 9.47 Å². The number of hydrogen-bond donors (Lipinski definition) is 0. The lowest BCUT2D eigenvalue weighted by Gasteiger charge is -2.25. The van der Waals surface area contributed by atoms with Crippen LogP contribution in [0.3, 0.4) is 0 Å². The molecule has 0 fully saturated rings. The SMILES string of the molecule is COC(=O)C1Cc2c(C)ccc(C)c2C(=O)O1. The van der Waals surface area contributed by atoms with Crippen molar-refractivity contribution in [2.75, 3.05) is 7.11 Å². The third kappa shape index (κ3) is 1.90. The third-order valence-corrected chi connectivity index (χ3v) is 3.06. The first-order valence-electron chi connectivity index (χ1n) is 5.42. The van der Waals surface area contributed by atoms with E-state index in [0.29, 0.717) is 12.0 Å². The molecule has 1 unspecified atom stereocenters. The van der Waals surface area contributed by atoms with Crippen molar-refractivity contribution in [3.63, 3.8) is 0 Å². The molecule has 17 heavy (non-hydrogen) atoms. The van der Waals surface area contributed by atoms with E-state index in [1.165, 1.54) is 7.11 Å². The van der Waals surface area contributed by atoms with E-state index in [9.17, 15) is 9.59 Å². The molecule has 4 heteroatoms. The Bertz CT molecular complexity index is 490. The van der Waals surface area contributed by atoms with Gasteiger partial charge in [-0.1, -0.05) is 12.1 Å². The zero-order valence-corrected chi connectivity index (χ0v) is 10.1. The Kier molecular flexibility index (Phi) is 2.88. The summed E-state index contributed by atoms with van der Waals surface area (Å²) in [7, 11) is 1.29. The van der Waals surface area contributed by atoms with Crippen LogP contribution in [0.2, 0.25) is 0 Å². The maximum Gasteiger partial charge on any atom is 0.347 e. The number of benzene rings is 1. The summed E-state index contributed by atoms with van der Waals surface area (Å²) in [6, 6.07) is 3.83. The molecule has 1 aromatic carbocycles. The van der Waals surface area contributed by atoms with Gasteiger partial charge in [0.2, 0.25) is 6.10 Å². The molecule has 1 aromatic rings. The van der Waals surface area contributed by atoms with Gasteiger partial charge in [0.05, 0.1) is 12.7 Å². The van der Waals surface area contributed by atoms with Gasteiger partial charge in [0, 0.05) is 6.42 Å². The number of esters is 2. The van der Waals surface area contributed by atoms with Gasteiger partial charge in [-0.3, -0.25) is 0 Å². The Morgan fingerprint density at radius 2 is 2.00 bits per heavy atom. The van der Waals surface area contributed by atoms with Crippen LogP contribution in [0, 0.1) is 13.8 Å². The van der Waals surface area contributed by atoms with Crippen LogP contribution in [0.15, 0.2) is 12.1 Å². The number of carbonyl (C=O) groups excluding carboxylic acids is 2. The second-order valence-electron chi connectivity index (χ2n) is 4.17. The molecule has 0 spiro atoms. The molecule has 2 rings (SSSR count). The summed E-state index contributed by atoms with van der Waals surface area (Å²) in [6.45, 7) is 3.78. The lowest BCUT2D eigenvalue weighted by atomic mass is 9.91. The summed E-state index contributed by atoms with van der Waals surface area (Å²) < 4.78 is 9.69. The summed E-state index contributed by atoms with van der Waals surface area (Å²) in [5.74, 6) is -0.951. The van der Waals surface area contributed by atoms with Gasteiger partial charge in [-0.2, -0.15) is 0 Å². The number of fused-ring (bicyclic) bond motifs is 1. The van der Waals surface area contributed by atoms with Gasteiger partial charge in [-0.05, 0) is 30.5 Å². The van der Waals surface area contributed by atoms with Crippen molar-refractivity contribution in [1.29, 1.82) is 0 Å². The minimum Gasteiger partial charge on any atom is -0.466 e. The normalized spacial score (nSPS) is 18.3. The fraction of sp³-hybridized carbons (Fsp3) is 0.385. The highest BCUT2D eigenvalue weighted by Gasteiger charge is 2.33. The maximum absolute atomic E-state index is 11.9. The molecular weight excluding hydrogens is 220 g/mol. The highest BCUT2D eigenvalue weighted by Crippen LogP contribution is 2.27. The number of rotatable bonds is 1. The molecule has 0 aliphatic carbocycles. The lowest BCUT2D eigenvalue weighted by molar-refractivity contribution is -0.151. The molecule has 0 saturated heterocycles. The van der Waals surface area contributed by atoms with Gasteiger partial charge in [0.1, 0.15) is 0 Å². The number of methoxy groups -OCH3 is 1. The van der Waals surface area contributed by atoms with Crippen LogP contribution in [0.1, 0.15) is 27.0 Å². The van der Waals surface area contributed by atoms with Crippen LogP contribution in [0.25, 0.3) is 0 Å². The minimum absolute atomic E-state index is 0.390. The van der Waals surface area contributed by atoms with E-state index in [1.54, 1.807) is 0 Å². The minimum atomic E-state index is -0.819. The fourth-order valence-corrected chi connectivity index (χ4v) is 2.09. The molecule has 1 atom stereocenters. The van der Waals surface area contributed by atoms with E-state index in [-0.39, 0.29) is 0 Å². The molecule has 0 saturated carbocycles. The van der Waals surface area contributed by atoms with Crippen molar-refractivity contribution in [2.45, 2.75) is 26.4 Å². The smallest absolute Gasteiger partial charge is 0.347 e. The van der Waals surface area contributed by atoms with Crippen molar-refractivity contribution < 1.29 is 19.1 Å². The Labute approximate surface area is 99.5 Å². The van der Waals surface area contributed by atoms with Crippen molar-refractivity contribution in [1.82, 2.24) is 0 Å². The molecule has 1 heterocycles. The summed E-state index contributed by atoms with van der Waals surface area (Å²) in [5, 5.41) is 0. The van der Waals surface area contributed by atoms with Gasteiger partial charge in [-0.15, -0.1) is 0 Å². The van der Waals surface area contributed by atoms with Crippen molar-refractivity contribution in [2.24, 2.45) is 0 Å². The largest absolute Gasteiger partial charge is 0.466 e. The van der Waals surface area contributed by atoms with E-state index in [0.717, 1.165) is 16.7 Å². The van der Waals surface area contributed by atoms with Crippen LogP contribution in [0.5, 0.6) is 0 Å². The van der Waals surface area contributed by atoms with Crippen LogP contribution in [-0.4, -0.2) is 25.2 Å². The average molecular weight is 234 g/mol. The van der Waals surface area contributed by atoms with E-state index in [4.69, 9.17) is 4.74 Å². The topological polar surface area (TPSA) is 52.6 Å². The lowest BCUT2D eigenvalue weighted by Crippen LogP contribution is -2.35.